The molecular formula is C22H18FN5O4S. The number of hydrogen-bond donors (Lipinski definition) is 1. The molecule has 1 N–H and O–H groups in total. The summed E-state index contributed by atoms with van der Waals surface area (Å²) in [5.41, 5.74) is 0.699. The molecule has 2 aromatic rings. The van der Waals surface area contributed by atoms with Crippen LogP contribution in [0.1, 0.15) is 12.2 Å². The van der Waals surface area contributed by atoms with Crippen molar-refractivity contribution in [1.29, 1.82) is 5.41 Å². The highest BCUT2D eigenvalue weighted by molar-refractivity contribution is 8.27. The molecule has 3 aliphatic heterocycles. The first-order valence-corrected chi connectivity index (χ1v) is 11.0. The molecule has 1 aromatic heterocycles. The largest absolute Gasteiger partial charge is 0.457 e. The predicted molar refractivity (Wildman–Crippen MR) is 121 cm³/mol. The van der Waals surface area contributed by atoms with Gasteiger partial charge < -0.3 is 14.1 Å². The van der Waals surface area contributed by atoms with Crippen LogP contribution >= 0.6 is 11.8 Å². The Hall–Kier alpha value is -3.57. The SMILES string of the molecule is N=C1/C(=C/c2ccc(-c3ccc(F)cc3)o2)C(=O)N=C2SC(CC(=O)N3CCOCC3)=NN12. The molecule has 2 amide bonds. The van der Waals surface area contributed by atoms with Gasteiger partial charge in [-0.25, -0.2) is 4.39 Å². The first-order chi connectivity index (χ1) is 16.0. The molecule has 1 fully saturated rings. The van der Waals surface area contributed by atoms with Gasteiger partial charge in [0.1, 0.15) is 22.4 Å². The fourth-order valence-corrected chi connectivity index (χ4v) is 4.38. The van der Waals surface area contributed by atoms with Crippen LogP contribution in [-0.4, -0.2) is 64.1 Å². The van der Waals surface area contributed by atoms with Crippen molar-refractivity contribution >= 4 is 45.7 Å². The molecule has 0 atom stereocenters. The summed E-state index contributed by atoms with van der Waals surface area (Å²) in [6, 6.07) is 9.19. The van der Waals surface area contributed by atoms with Gasteiger partial charge in [0.05, 0.1) is 25.2 Å². The maximum atomic E-state index is 13.1. The summed E-state index contributed by atoms with van der Waals surface area (Å²) < 4.78 is 24.2. The number of nitrogens with one attached hydrogen (secondary N) is 1. The Kier molecular flexibility index (Phi) is 5.65. The summed E-state index contributed by atoms with van der Waals surface area (Å²) in [5.74, 6) is -0.320. The van der Waals surface area contributed by atoms with E-state index in [4.69, 9.17) is 14.6 Å². The van der Waals surface area contributed by atoms with Crippen LogP contribution in [0.15, 0.2) is 56.5 Å². The number of thioether (sulfide) groups is 1. The lowest BCUT2D eigenvalue weighted by Crippen LogP contribution is -2.41. The smallest absolute Gasteiger partial charge is 0.283 e. The highest BCUT2D eigenvalue weighted by Crippen LogP contribution is 2.30. The summed E-state index contributed by atoms with van der Waals surface area (Å²) >= 11 is 1.11. The molecule has 168 valence electrons. The number of amides is 2. The Labute approximate surface area is 192 Å². The van der Waals surface area contributed by atoms with Crippen molar-refractivity contribution in [2.45, 2.75) is 6.42 Å². The number of benzene rings is 1. The summed E-state index contributed by atoms with van der Waals surface area (Å²) in [6.07, 6.45) is 1.49. The van der Waals surface area contributed by atoms with Crippen LogP contribution in [0.5, 0.6) is 0 Å². The Bertz CT molecular complexity index is 1230. The maximum Gasteiger partial charge on any atom is 0.283 e. The first-order valence-electron chi connectivity index (χ1n) is 10.2. The van der Waals surface area contributed by atoms with Gasteiger partial charge in [0.2, 0.25) is 11.1 Å². The molecule has 9 nitrogen and oxygen atoms in total. The molecule has 0 aliphatic carbocycles. The summed E-state index contributed by atoms with van der Waals surface area (Å²) in [4.78, 5) is 30.8. The molecule has 1 aromatic carbocycles. The molecule has 33 heavy (non-hydrogen) atoms. The zero-order valence-corrected chi connectivity index (χ0v) is 18.1. The summed E-state index contributed by atoms with van der Waals surface area (Å²) in [6.45, 7) is 2.08. The number of carbonyl (C=O) groups is 2. The number of furan rings is 1. The number of ether oxygens (including phenoxy) is 1. The lowest BCUT2D eigenvalue weighted by molar-refractivity contribution is -0.133. The van der Waals surface area contributed by atoms with Gasteiger partial charge in [-0.1, -0.05) is 0 Å². The molecule has 11 heteroatoms. The average Bonchev–Trinajstić information content (AvgIpc) is 3.45. The molecule has 0 unspecified atom stereocenters. The van der Waals surface area contributed by atoms with Gasteiger partial charge in [-0.15, -0.1) is 0 Å². The number of amidine groups is 2. The van der Waals surface area contributed by atoms with Gasteiger partial charge >= 0.3 is 0 Å². The molecule has 5 rings (SSSR count). The van der Waals surface area contributed by atoms with Gasteiger partial charge in [0, 0.05) is 18.7 Å². The van der Waals surface area contributed by atoms with Crippen LogP contribution in [0.25, 0.3) is 17.4 Å². The fourth-order valence-electron chi connectivity index (χ4n) is 3.50. The third kappa shape index (κ3) is 4.37. The Morgan fingerprint density at radius 2 is 1.94 bits per heavy atom. The lowest BCUT2D eigenvalue weighted by atomic mass is 10.1. The summed E-state index contributed by atoms with van der Waals surface area (Å²) in [5, 5.41) is 14.8. The predicted octanol–water partition coefficient (Wildman–Crippen LogP) is 2.95. The fraction of sp³-hybridized carbons (Fsp3) is 0.227. The molecule has 4 heterocycles. The minimum absolute atomic E-state index is 0.0175. The van der Waals surface area contributed by atoms with Gasteiger partial charge in [-0.05, 0) is 54.2 Å². The second-order valence-electron chi connectivity index (χ2n) is 7.39. The van der Waals surface area contributed by atoms with Crippen LogP contribution in [0.2, 0.25) is 0 Å². The van der Waals surface area contributed by atoms with Crippen LogP contribution in [0, 0.1) is 11.2 Å². The van der Waals surface area contributed by atoms with Crippen molar-refractivity contribution < 1.29 is 23.1 Å². The monoisotopic (exact) mass is 467 g/mol. The normalized spacial score (nSPS) is 19.6. The molecular weight excluding hydrogens is 449 g/mol. The van der Waals surface area contributed by atoms with Crippen molar-refractivity contribution in [3.05, 3.63) is 53.5 Å². The lowest BCUT2D eigenvalue weighted by Gasteiger charge is -2.26. The maximum absolute atomic E-state index is 13.1. The third-order valence-corrected chi connectivity index (χ3v) is 6.11. The van der Waals surface area contributed by atoms with Gasteiger partial charge in [0.15, 0.2) is 5.84 Å². The Morgan fingerprint density at radius 3 is 2.70 bits per heavy atom. The Balaban J connectivity index is 1.33. The van der Waals surface area contributed by atoms with E-state index in [-0.39, 0.29) is 34.7 Å². The van der Waals surface area contributed by atoms with Gasteiger partial charge in [-0.3, -0.25) is 15.0 Å². The number of carbonyl (C=O) groups excluding carboxylic acids is 2. The number of rotatable bonds is 4. The van der Waals surface area contributed by atoms with Crippen LogP contribution in [0.4, 0.5) is 4.39 Å². The molecule has 0 spiro atoms. The summed E-state index contributed by atoms with van der Waals surface area (Å²) in [7, 11) is 0. The number of halogens is 1. The number of hydrogen-bond acceptors (Lipinski definition) is 7. The first kappa shape index (κ1) is 21.3. The molecule has 0 bridgehead atoms. The quantitative estimate of drug-likeness (QED) is 0.692. The van der Waals surface area contributed by atoms with Crippen molar-refractivity contribution in [3.8, 4) is 11.3 Å². The molecule has 0 saturated carbocycles. The van der Waals surface area contributed by atoms with E-state index in [1.54, 1.807) is 29.2 Å². The minimum Gasteiger partial charge on any atom is -0.457 e. The second-order valence-corrected chi connectivity index (χ2v) is 8.43. The van der Waals surface area contributed by atoms with Gasteiger partial charge in [-0.2, -0.15) is 15.1 Å². The second kappa shape index (κ2) is 8.75. The number of nitrogens with zero attached hydrogens (tertiary/aromatic N) is 4. The van der Waals surface area contributed by atoms with Crippen LogP contribution in [-0.2, 0) is 14.3 Å². The van der Waals surface area contributed by atoms with E-state index < -0.39 is 5.91 Å². The standard InChI is InChI=1S/C22H18FN5O4S/c23-14-3-1-13(2-4-14)17-6-5-15(32-17)11-16-20(24)28-22(25-21(16)30)33-18(26-28)12-19(29)27-7-9-31-10-8-27/h1-6,11,24H,7-10,12H2/b16-11-,24-20?. The van der Waals surface area contributed by atoms with Crippen molar-refractivity contribution in [3.63, 3.8) is 0 Å². The van der Waals surface area contributed by atoms with Crippen molar-refractivity contribution in [1.82, 2.24) is 9.91 Å². The minimum atomic E-state index is -0.588. The third-order valence-electron chi connectivity index (χ3n) is 5.20. The zero-order chi connectivity index (χ0) is 22.9. The van der Waals surface area contributed by atoms with E-state index in [0.29, 0.717) is 48.4 Å². The zero-order valence-electron chi connectivity index (χ0n) is 17.3. The van der Waals surface area contributed by atoms with E-state index >= 15 is 0 Å². The van der Waals surface area contributed by atoms with Crippen LogP contribution < -0.4 is 0 Å². The van der Waals surface area contributed by atoms with Crippen molar-refractivity contribution in [2.24, 2.45) is 10.1 Å². The average molecular weight is 467 g/mol. The van der Waals surface area contributed by atoms with E-state index in [9.17, 15) is 14.0 Å². The molecule has 3 aliphatic rings. The van der Waals surface area contributed by atoms with Gasteiger partial charge in [0.25, 0.3) is 5.91 Å². The van der Waals surface area contributed by atoms with E-state index in [0.717, 1.165) is 11.8 Å². The van der Waals surface area contributed by atoms with E-state index in [2.05, 4.69) is 10.1 Å². The number of aliphatic imine (C=N–C) groups is 1. The molecule has 0 radical (unpaired) electrons. The topological polar surface area (TPSA) is 112 Å². The molecule has 1 saturated heterocycles. The highest BCUT2D eigenvalue weighted by atomic mass is 32.2. The van der Waals surface area contributed by atoms with Crippen LogP contribution in [0.3, 0.4) is 0 Å². The van der Waals surface area contributed by atoms with Crippen molar-refractivity contribution in [2.75, 3.05) is 26.3 Å². The number of fused-ring (bicyclic) bond motifs is 1. The highest BCUT2D eigenvalue weighted by Gasteiger charge is 2.36. The number of hydrazone groups is 1. The van der Waals surface area contributed by atoms with E-state index in [1.165, 1.54) is 23.2 Å². The number of morpholine rings is 1. The van der Waals surface area contributed by atoms with E-state index in [1.807, 2.05) is 0 Å². The Morgan fingerprint density at radius 1 is 1.18 bits per heavy atom.